The second-order valence-electron chi connectivity index (χ2n) is 6.31. The molecule has 0 aromatic rings. The van der Waals surface area contributed by atoms with Crippen LogP contribution in [-0.4, -0.2) is 45.1 Å². The Balaban J connectivity index is 4.57. The number of carboxylic acid groups (broad SMARTS) is 1. The first-order valence-electron chi connectivity index (χ1n) is 8.70. The van der Waals surface area contributed by atoms with Crippen LogP contribution in [-0.2, 0) is 4.79 Å². The van der Waals surface area contributed by atoms with Crippen LogP contribution in [0, 0.1) is 5.92 Å². The van der Waals surface area contributed by atoms with Gasteiger partial charge in [0.1, 0.15) is 5.70 Å². The summed E-state index contributed by atoms with van der Waals surface area (Å²) in [6, 6.07) is -0.0747. The molecule has 0 saturated heterocycles. The van der Waals surface area contributed by atoms with E-state index in [2.05, 4.69) is 10.6 Å². The Bertz CT molecular complexity index is 535. The molecule has 0 aliphatic heterocycles. The molecule has 158 valence electrons. The van der Waals surface area contributed by atoms with Crippen LogP contribution in [0.2, 0.25) is 0 Å². The van der Waals surface area contributed by atoms with E-state index in [1.807, 2.05) is 13.8 Å². The molecule has 0 rings (SSSR count). The Morgan fingerprint density at radius 2 is 1.93 bits per heavy atom. The van der Waals surface area contributed by atoms with Crippen molar-refractivity contribution in [3.8, 4) is 0 Å². The third-order valence-corrected chi connectivity index (χ3v) is 6.55. The number of carbonyl (C=O) groups is 1. The number of allylic oxidation sites excluding steroid dienone is 2. The highest BCUT2D eigenvalue weighted by Gasteiger charge is 2.34. The number of hydrogen-bond donors (Lipinski definition) is 5. The molecule has 0 aliphatic rings. The Morgan fingerprint density at radius 1 is 1.33 bits per heavy atom. The maximum absolute atomic E-state index is 13.6. The zero-order valence-electron chi connectivity index (χ0n) is 15.8. The van der Waals surface area contributed by atoms with Gasteiger partial charge < -0.3 is 27.2 Å². The summed E-state index contributed by atoms with van der Waals surface area (Å²) >= 11 is 14.3. The van der Waals surface area contributed by atoms with Gasteiger partial charge in [-0.1, -0.05) is 6.92 Å². The van der Waals surface area contributed by atoms with E-state index >= 15 is 0 Å². The quantitative estimate of drug-likeness (QED) is 0.107. The van der Waals surface area contributed by atoms with Gasteiger partial charge >= 0.3 is 5.97 Å². The van der Waals surface area contributed by atoms with Gasteiger partial charge in [-0.2, -0.15) is 0 Å². The van der Waals surface area contributed by atoms with E-state index in [9.17, 15) is 9.18 Å². The molecule has 0 spiro atoms. The summed E-state index contributed by atoms with van der Waals surface area (Å²) in [6.07, 6.45) is 2.44. The summed E-state index contributed by atoms with van der Waals surface area (Å²) in [5.74, 6) is -0.916. The number of aliphatic carboxylic acids is 1. The Hall–Kier alpha value is -0.450. The molecule has 7 N–H and O–H groups in total. The molecule has 6 nitrogen and oxygen atoms in total. The fourth-order valence-corrected chi connectivity index (χ4v) is 3.80. The van der Waals surface area contributed by atoms with Crippen molar-refractivity contribution in [3.63, 3.8) is 0 Å². The third kappa shape index (κ3) is 10.0. The van der Waals surface area contributed by atoms with Crippen LogP contribution in [0.25, 0.3) is 0 Å². The predicted octanol–water partition coefficient (Wildman–Crippen LogP) is 3.03. The van der Waals surface area contributed by atoms with Crippen molar-refractivity contribution in [2.24, 2.45) is 17.4 Å². The maximum atomic E-state index is 13.6. The number of halogens is 4. The Kier molecular flexibility index (Phi) is 13.5. The van der Waals surface area contributed by atoms with Crippen LogP contribution in [0.1, 0.15) is 33.6 Å². The lowest BCUT2D eigenvalue weighted by molar-refractivity contribution is -0.132. The molecular formula is C17H30Cl2FIN4O2. The van der Waals surface area contributed by atoms with Crippen LogP contribution in [0.3, 0.4) is 0 Å². The average molecular weight is 539 g/mol. The average Bonchev–Trinajstić information content (AvgIpc) is 2.62. The van der Waals surface area contributed by atoms with Gasteiger partial charge in [0, 0.05) is 30.4 Å². The van der Waals surface area contributed by atoms with Gasteiger partial charge in [-0.15, -0.1) is 23.2 Å². The fraction of sp³-hybridized carbons (Fsp3) is 0.706. The van der Waals surface area contributed by atoms with Gasteiger partial charge in [0.15, 0.2) is 4.18 Å². The highest BCUT2D eigenvalue weighted by molar-refractivity contribution is 14.1. The first kappa shape index (κ1) is 26.6. The lowest BCUT2D eigenvalue weighted by Gasteiger charge is -2.32. The van der Waals surface area contributed by atoms with Crippen LogP contribution >= 0.6 is 45.8 Å². The molecule has 0 aliphatic carbocycles. The first-order chi connectivity index (χ1) is 12.5. The predicted molar refractivity (Wildman–Crippen MR) is 119 cm³/mol. The van der Waals surface area contributed by atoms with Gasteiger partial charge in [0.25, 0.3) is 0 Å². The number of hydrogen-bond acceptors (Lipinski definition) is 5. The van der Waals surface area contributed by atoms with Crippen LogP contribution in [0.15, 0.2) is 23.2 Å². The largest absolute Gasteiger partial charge is 0.477 e. The monoisotopic (exact) mass is 538 g/mol. The van der Waals surface area contributed by atoms with E-state index in [1.54, 1.807) is 29.5 Å². The van der Waals surface area contributed by atoms with Crippen molar-refractivity contribution in [2.75, 3.05) is 13.1 Å². The molecule has 27 heavy (non-hydrogen) atoms. The lowest BCUT2D eigenvalue weighted by Crippen LogP contribution is -2.46. The second kappa shape index (κ2) is 13.7. The SMILES string of the molecule is CCC(Cl)C(C(C)NCCN/C(N)=C(\C)C/C=C(\N)C(=O)O)C(Cl)C(F)I. The Morgan fingerprint density at radius 3 is 2.41 bits per heavy atom. The molecule has 0 bridgehead atoms. The smallest absolute Gasteiger partial charge is 0.351 e. The van der Waals surface area contributed by atoms with Crippen molar-refractivity contribution < 1.29 is 14.3 Å². The molecule has 0 radical (unpaired) electrons. The molecule has 5 atom stereocenters. The fourth-order valence-electron chi connectivity index (χ4n) is 2.47. The summed E-state index contributed by atoms with van der Waals surface area (Å²) in [5, 5.41) is 14.2. The number of carboxylic acids is 1. The van der Waals surface area contributed by atoms with Gasteiger partial charge in [-0.05, 0) is 60.9 Å². The van der Waals surface area contributed by atoms with Crippen molar-refractivity contribution in [1.29, 1.82) is 0 Å². The van der Waals surface area contributed by atoms with Crippen LogP contribution in [0.4, 0.5) is 4.39 Å². The maximum Gasteiger partial charge on any atom is 0.351 e. The third-order valence-electron chi connectivity index (χ3n) is 4.24. The van der Waals surface area contributed by atoms with Crippen LogP contribution in [0.5, 0.6) is 0 Å². The zero-order chi connectivity index (χ0) is 21.1. The van der Waals surface area contributed by atoms with E-state index < -0.39 is 15.5 Å². The van der Waals surface area contributed by atoms with E-state index in [0.29, 0.717) is 31.8 Å². The highest BCUT2D eigenvalue weighted by Crippen LogP contribution is 2.31. The standard InChI is InChI=1S/C17H30Cl2FIN4O2/c1-4-11(18)13(14(19)15(20)21)10(3)24-7-8-25-16(23)9(2)5-6-12(22)17(26)27/h6,10-11,13-15,24-25H,4-5,7-8,22-23H2,1-3H3,(H,26,27)/b12-6-,16-9+. The minimum absolute atomic E-state index is 0.0747. The van der Waals surface area contributed by atoms with E-state index in [1.165, 1.54) is 6.08 Å². The molecular weight excluding hydrogens is 509 g/mol. The number of rotatable bonds is 13. The second-order valence-corrected chi connectivity index (χ2v) is 8.57. The molecule has 5 unspecified atom stereocenters. The van der Waals surface area contributed by atoms with Gasteiger partial charge in [0.2, 0.25) is 0 Å². The molecule has 0 saturated carbocycles. The number of nitrogens with one attached hydrogen (secondary N) is 2. The topological polar surface area (TPSA) is 113 Å². The summed E-state index contributed by atoms with van der Waals surface area (Å²) in [5.41, 5.74) is 11.9. The number of nitrogens with two attached hydrogens (primary N) is 2. The van der Waals surface area contributed by atoms with Crippen molar-refractivity contribution in [2.45, 2.75) is 54.6 Å². The lowest BCUT2D eigenvalue weighted by atomic mass is 9.92. The van der Waals surface area contributed by atoms with E-state index in [4.69, 9.17) is 39.8 Å². The summed E-state index contributed by atoms with van der Waals surface area (Å²) in [4.78, 5) is 10.7. The minimum Gasteiger partial charge on any atom is -0.477 e. The van der Waals surface area contributed by atoms with E-state index in [-0.39, 0.29) is 23.0 Å². The first-order valence-corrected chi connectivity index (χ1v) is 10.8. The normalized spacial score (nSPS) is 18.9. The van der Waals surface area contributed by atoms with Crippen molar-refractivity contribution in [1.82, 2.24) is 10.6 Å². The molecule has 0 amide bonds. The molecule has 0 aromatic heterocycles. The number of alkyl halides is 4. The summed E-state index contributed by atoms with van der Waals surface area (Å²) in [7, 11) is 0. The summed E-state index contributed by atoms with van der Waals surface area (Å²) in [6.45, 7) is 6.79. The molecule has 10 heteroatoms. The van der Waals surface area contributed by atoms with Crippen LogP contribution < -0.4 is 22.1 Å². The van der Waals surface area contributed by atoms with Crippen molar-refractivity contribution in [3.05, 3.63) is 23.2 Å². The highest BCUT2D eigenvalue weighted by atomic mass is 127. The van der Waals surface area contributed by atoms with Gasteiger partial charge in [-0.25, -0.2) is 9.18 Å². The van der Waals surface area contributed by atoms with Crippen molar-refractivity contribution >= 4 is 51.8 Å². The molecule has 0 fully saturated rings. The van der Waals surface area contributed by atoms with Gasteiger partial charge in [-0.3, -0.25) is 0 Å². The minimum atomic E-state index is -1.18. The van der Waals surface area contributed by atoms with E-state index in [0.717, 1.165) is 5.57 Å². The summed E-state index contributed by atoms with van der Waals surface area (Å²) < 4.78 is 12.5. The molecule has 0 aromatic carbocycles. The Labute approximate surface area is 184 Å². The zero-order valence-corrected chi connectivity index (χ0v) is 19.5. The van der Waals surface area contributed by atoms with Gasteiger partial charge in [0.05, 0.1) is 11.2 Å². The molecule has 0 heterocycles.